The Hall–Kier alpha value is -0.890. The van der Waals surface area contributed by atoms with Gasteiger partial charge in [-0.15, -0.1) is 0 Å². The summed E-state index contributed by atoms with van der Waals surface area (Å²) in [5.41, 5.74) is 0.888. The van der Waals surface area contributed by atoms with Crippen LogP contribution in [0.15, 0.2) is 24.3 Å². The minimum Gasteiger partial charge on any atom is -0.314 e. The number of rotatable bonds is 5. The maximum atomic E-state index is 13.6. The molecule has 2 unspecified atom stereocenters. The van der Waals surface area contributed by atoms with Crippen molar-refractivity contribution in [1.82, 2.24) is 5.32 Å². The van der Waals surface area contributed by atoms with Crippen molar-refractivity contribution < 1.29 is 4.39 Å². The summed E-state index contributed by atoms with van der Waals surface area (Å²) in [4.78, 5) is 0. The van der Waals surface area contributed by atoms with Crippen LogP contribution in [0.1, 0.15) is 44.6 Å². The van der Waals surface area contributed by atoms with E-state index in [0.717, 1.165) is 18.5 Å². The fourth-order valence-electron chi connectivity index (χ4n) is 2.99. The molecular formula is C16H24FN. The third-order valence-electron chi connectivity index (χ3n) is 3.93. The number of halogens is 1. The highest BCUT2D eigenvalue weighted by atomic mass is 19.1. The van der Waals surface area contributed by atoms with Crippen molar-refractivity contribution in [3.8, 4) is 0 Å². The number of benzene rings is 1. The van der Waals surface area contributed by atoms with E-state index >= 15 is 0 Å². The number of nitrogens with one attached hydrogen (secondary N) is 1. The first kappa shape index (κ1) is 13.5. The standard InChI is InChI=1S/C16H24FN/c1-2-10-18-15-8-5-6-13(12-15)11-14-7-3-4-9-16(14)17/h3-4,7,9,13,15,18H,2,5-6,8,10-12H2,1H3. The Morgan fingerprint density at radius 2 is 2.11 bits per heavy atom. The van der Waals surface area contributed by atoms with Gasteiger partial charge in [0.05, 0.1) is 0 Å². The summed E-state index contributed by atoms with van der Waals surface area (Å²) in [6.45, 7) is 3.31. The van der Waals surface area contributed by atoms with Crippen LogP contribution in [0.5, 0.6) is 0 Å². The lowest BCUT2D eigenvalue weighted by Crippen LogP contribution is -2.35. The molecule has 0 heterocycles. The van der Waals surface area contributed by atoms with Crippen molar-refractivity contribution in [2.75, 3.05) is 6.54 Å². The SMILES string of the molecule is CCCNC1CCCC(Cc2ccccc2F)C1. The molecule has 0 radical (unpaired) electrons. The first-order valence-electron chi connectivity index (χ1n) is 7.26. The van der Waals surface area contributed by atoms with Crippen LogP contribution in [0.2, 0.25) is 0 Å². The lowest BCUT2D eigenvalue weighted by Gasteiger charge is -2.30. The molecule has 2 rings (SSSR count). The monoisotopic (exact) mass is 249 g/mol. The van der Waals surface area contributed by atoms with Crippen molar-refractivity contribution >= 4 is 0 Å². The van der Waals surface area contributed by atoms with Gasteiger partial charge in [0.15, 0.2) is 0 Å². The van der Waals surface area contributed by atoms with Gasteiger partial charge in [0.1, 0.15) is 5.82 Å². The van der Waals surface area contributed by atoms with Gasteiger partial charge in [-0.3, -0.25) is 0 Å². The molecule has 0 spiro atoms. The molecule has 1 aliphatic rings. The Morgan fingerprint density at radius 1 is 1.28 bits per heavy atom. The van der Waals surface area contributed by atoms with Crippen LogP contribution in [0.25, 0.3) is 0 Å². The predicted molar refractivity (Wildman–Crippen MR) is 74.1 cm³/mol. The lowest BCUT2D eigenvalue weighted by molar-refractivity contribution is 0.282. The molecular weight excluding hydrogens is 225 g/mol. The van der Waals surface area contributed by atoms with E-state index in [1.165, 1.54) is 32.1 Å². The molecule has 2 atom stereocenters. The second kappa shape index (κ2) is 6.89. The molecule has 0 aromatic heterocycles. The summed E-state index contributed by atoms with van der Waals surface area (Å²) in [5, 5.41) is 3.61. The zero-order valence-electron chi connectivity index (χ0n) is 11.3. The summed E-state index contributed by atoms with van der Waals surface area (Å²) in [6.07, 6.45) is 7.10. The Bertz CT molecular complexity index is 364. The molecule has 1 fully saturated rings. The smallest absolute Gasteiger partial charge is 0.126 e. The van der Waals surface area contributed by atoms with Crippen molar-refractivity contribution in [3.05, 3.63) is 35.6 Å². The molecule has 100 valence electrons. The Labute approximate surface area is 110 Å². The second-order valence-electron chi connectivity index (χ2n) is 5.48. The second-order valence-corrected chi connectivity index (χ2v) is 5.48. The zero-order valence-corrected chi connectivity index (χ0v) is 11.3. The molecule has 1 nitrogen and oxygen atoms in total. The van der Waals surface area contributed by atoms with Gasteiger partial charge in [0.2, 0.25) is 0 Å². The highest BCUT2D eigenvalue weighted by Crippen LogP contribution is 2.28. The minimum absolute atomic E-state index is 0.0406. The molecule has 1 aliphatic carbocycles. The first-order chi connectivity index (χ1) is 8.79. The third-order valence-corrected chi connectivity index (χ3v) is 3.93. The highest BCUT2D eigenvalue weighted by molar-refractivity contribution is 5.18. The molecule has 0 aliphatic heterocycles. The first-order valence-corrected chi connectivity index (χ1v) is 7.26. The maximum Gasteiger partial charge on any atom is 0.126 e. The molecule has 0 saturated heterocycles. The van der Waals surface area contributed by atoms with E-state index in [0.29, 0.717) is 12.0 Å². The fourth-order valence-corrected chi connectivity index (χ4v) is 2.99. The van der Waals surface area contributed by atoms with Gasteiger partial charge in [-0.05, 0) is 49.8 Å². The van der Waals surface area contributed by atoms with Crippen LogP contribution < -0.4 is 5.32 Å². The quantitative estimate of drug-likeness (QED) is 0.834. The van der Waals surface area contributed by atoms with Crippen LogP contribution >= 0.6 is 0 Å². The summed E-state index contributed by atoms with van der Waals surface area (Å²) in [7, 11) is 0. The van der Waals surface area contributed by atoms with E-state index in [9.17, 15) is 4.39 Å². The predicted octanol–water partition coefficient (Wildman–Crippen LogP) is 3.93. The lowest BCUT2D eigenvalue weighted by atomic mass is 9.82. The molecule has 1 aromatic carbocycles. The van der Waals surface area contributed by atoms with Crippen molar-refractivity contribution in [2.45, 2.75) is 51.5 Å². The highest BCUT2D eigenvalue weighted by Gasteiger charge is 2.22. The van der Waals surface area contributed by atoms with E-state index in [1.807, 2.05) is 12.1 Å². The topological polar surface area (TPSA) is 12.0 Å². The maximum absolute atomic E-state index is 13.6. The molecule has 2 heteroatoms. The average molecular weight is 249 g/mol. The van der Waals surface area contributed by atoms with E-state index in [4.69, 9.17) is 0 Å². The van der Waals surface area contributed by atoms with Crippen LogP contribution in [0.4, 0.5) is 4.39 Å². The largest absolute Gasteiger partial charge is 0.314 e. The van der Waals surface area contributed by atoms with E-state index in [-0.39, 0.29) is 5.82 Å². The van der Waals surface area contributed by atoms with Gasteiger partial charge in [0.25, 0.3) is 0 Å². The Kier molecular flexibility index (Phi) is 5.18. The molecule has 1 saturated carbocycles. The molecule has 0 bridgehead atoms. The van der Waals surface area contributed by atoms with E-state index in [2.05, 4.69) is 12.2 Å². The van der Waals surface area contributed by atoms with Crippen molar-refractivity contribution in [1.29, 1.82) is 0 Å². The fraction of sp³-hybridized carbons (Fsp3) is 0.625. The summed E-state index contributed by atoms with van der Waals surface area (Å²) in [5.74, 6) is 0.603. The average Bonchev–Trinajstić information content (AvgIpc) is 2.40. The molecule has 18 heavy (non-hydrogen) atoms. The summed E-state index contributed by atoms with van der Waals surface area (Å²) in [6, 6.07) is 7.86. The van der Waals surface area contributed by atoms with Crippen molar-refractivity contribution in [3.63, 3.8) is 0 Å². The summed E-state index contributed by atoms with van der Waals surface area (Å²) < 4.78 is 13.6. The van der Waals surface area contributed by atoms with E-state index in [1.54, 1.807) is 12.1 Å². The van der Waals surface area contributed by atoms with Gasteiger partial charge >= 0.3 is 0 Å². The number of hydrogen-bond acceptors (Lipinski definition) is 1. The summed E-state index contributed by atoms with van der Waals surface area (Å²) >= 11 is 0. The zero-order chi connectivity index (χ0) is 12.8. The molecule has 1 N–H and O–H groups in total. The minimum atomic E-state index is -0.0406. The van der Waals surface area contributed by atoms with Crippen LogP contribution in [0.3, 0.4) is 0 Å². The van der Waals surface area contributed by atoms with Crippen LogP contribution in [0, 0.1) is 11.7 Å². The van der Waals surface area contributed by atoms with Crippen LogP contribution in [-0.2, 0) is 6.42 Å². The Morgan fingerprint density at radius 3 is 2.89 bits per heavy atom. The van der Waals surface area contributed by atoms with Crippen molar-refractivity contribution in [2.24, 2.45) is 5.92 Å². The van der Waals surface area contributed by atoms with E-state index < -0.39 is 0 Å². The van der Waals surface area contributed by atoms with Gasteiger partial charge in [-0.2, -0.15) is 0 Å². The van der Waals surface area contributed by atoms with Gasteiger partial charge in [-0.25, -0.2) is 4.39 Å². The van der Waals surface area contributed by atoms with Gasteiger partial charge in [0, 0.05) is 6.04 Å². The molecule has 1 aromatic rings. The van der Waals surface area contributed by atoms with Crippen LogP contribution in [-0.4, -0.2) is 12.6 Å². The van der Waals surface area contributed by atoms with Gasteiger partial charge < -0.3 is 5.32 Å². The number of hydrogen-bond donors (Lipinski definition) is 1. The van der Waals surface area contributed by atoms with Gasteiger partial charge in [-0.1, -0.05) is 38.0 Å². The third kappa shape index (κ3) is 3.81. The normalized spacial score (nSPS) is 24.1. The Balaban J connectivity index is 1.87. The molecule has 0 amide bonds.